The molecular weight excluding hydrogens is 524 g/mol. The zero-order chi connectivity index (χ0) is 26.2. The van der Waals surface area contributed by atoms with Crippen molar-refractivity contribution in [3.8, 4) is 11.1 Å². The number of hydrogen-bond donors (Lipinski definition) is 0. The Hall–Kier alpha value is -2.89. The second-order valence-corrected chi connectivity index (χ2v) is 11.1. The van der Waals surface area contributed by atoms with Crippen LogP contribution in [0.4, 0.5) is 0 Å². The fraction of sp³-hybridized carbons (Fsp3) is 0.194. The van der Waals surface area contributed by atoms with Gasteiger partial charge in [0.25, 0.3) is 0 Å². The van der Waals surface area contributed by atoms with Crippen molar-refractivity contribution in [1.82, 2.24) is 0 Å². The van der Waals surface area contributed by atoms with Gasteiger partial charge in [0.2, 0.25) is 0 Å². The molecule has 37 heavy (non-hydrogen) atoms. The van der Waals surface area contributed by atoms with Gasteiger partial charge in [-0.2, -0.15) is 41.5 Å². The number of hydrogen-bond acceptors (Lipinski definition) is 0. The van der Waals surface area contributed by atoms with Crippen LogP contribution in [0.2, 0.25) is 0 Å². The molecule has 1 unspecified atom stereocenters. The molecule has 182 valence electrons. The summed E-state index contributed by atoms with van der Waals surface area (Å²) >= 11 is 1.46. The Kier molecular flexibility index (Phi) is 9.59. The zero-order valence-corrected chi connectivity index (χ0v) is 24.7. The topological polar surface area (TPSA) is 0 Å². The third kappa shape index (κ3) is 7.12. The third-order valence-corrected chi connectivity index (χ3v) is 8.09. The molecule has 1 heteroatoms. The Bertz CT molecular complexity index is 1310. The molecule has 1 atom stereocenters. The van der Waals surface area contributed by atoms with Crippen LogP contribution in [0.1, 0.15) is 49.9 Å². The van der Waals surface area contributed by atoms with E-state index in [0.717, 1.165) is 6.42 Å². The minimum atomic E-state index is 0.539. The summed E-state index contributed by atoms with van der Waals surface area (Å²) in [6, 6.07) is 39.2. The summed E-state index contributed by atoms with van der Waals surface area (Å²) in [5, 5.41) is 0. The van der Waals surface area contributed by atoms with Crippen LogP contribution in [0.3, 0.4) is 0 Å². The minimum Gasteiger partial charge on any atom is -0.179 e. The van der Waals surface area contributed by atoms with Crippen molar-refractivity contribution in [2.24, 2.45) is 11.8 Å². The second kappa shape index (κ2) is 13.1. The van der Waals surface area contributed by atoms with Crippen LogP contribution in [0.5, 0.6) is 0 Å². The average molecular weight is 558 g/mol. The zero-order valence-electron chi connectivity index (χ0n) is 22.3. The van der Waals surface area contributed by atoms with E-state index in [4.69, 9.17) is 0 Å². The maximum atomic E-state index is 3.37. The molecule has 6 rings (SSSR count). The first-order valence-corrected chi connectivity index (χ1v) is 14.3. The molecule has 0 aromatic heterocycles. The van der Waals surface area contributed by atoms with Crippen molar-refractivity contribution >= 4 is 3.21 Å². The van der Waals surface area contributed by atoms with E-state index in [-0.39, 0.29) is 0 Å². The van der Waals surface area contributed by atoms with Crippen LogP contribution in [-0.2, 0) is 30.7 Å². The van der Waals surface area contributed by atoms with Crippen LogP contribution in [-0.4, -0.2) is 3.21 Å². The number of fused-ring (bicyclic) bond motifs is 3. The summed E-state index contributed by atoms with van der Waals surface area (Å²) in [7, 11) is 0. The Balaban J connectivity index is 0.000000132. The number of benzene rings is 4. The summed E-state index contributed by atoms with van der Waals surface area (Å²) in [6.07, 6.45) is 6.73. The van der Waals surface area contributed by atoms with Gasteiger partial charge in [0, 0.05) is 0 Å². The molecule has 0 bridgehead atoms. The molecule has 0 amide bonds. The Morgan fingerprint density at radius 2 is 1.35 bits per heavy atom. The molecule has 0 fully saturated rings. The van der Waals surface area contributed by atoms with Gasteiger partial charge in [0.1, 0.15) is 0 Å². The smallest absolute Gasteiger partial charge is 0.0253 e. The standard InChI is InChI=1S/C13H9.C13H10.C10H15.Zr/c1-3-7-12-10(5-1)9-11-6-2-4-8-13(11)12;1-3-7-12(8-4-1)11-13-9-5-2-6-10-13;1-7(2)10-6-8(3)5-9(10)4;/h1-5,7-8H,9H2;1-10H;6-8H,1-4H3;/q-1;;-1;+2. The van der Waals surface area contributed by atoms with Crippen LogP contribution >= 0.6 is 0 Å². The van der Waals surface area contributed by atoms with E-state index in [1.165, 1.54) is 72.0 Å². The summed E-state index contributed by atoms with van der Waals surface area (Å²) in [5.74, 6) is 1.20. The molecule has 0 saturated heterocycles. The predicted octanol–water partition coefficient (Wildman–Crippen LogP) is 8.83. The Morgan fingerprint density at radius 3 is 1.89 bits per heavy atom. The predicted molar refractivity (Wildman–Crippen MR) is 154 cm³/mol. The van der Waals surface area contributed by atoms with Gasteiger partial charge in [0.05, 0.1) is 0 Å². The molecule has 0 nitrogen and oxygen atoms in total. The first-order valence-electron chi connectivity index (χ1n) is 13.0. The van der Waals surface area contributed by atoms with Gasteiger partial charge >= 0.3 is 99.2 Å². The Morgan fingerprint density at radius 1 is 0.784 bits per heavy atom. The molecule has 0 spiro atoms. The van der Waals surface area contributed by atoms with E-state index in [1.807, 2.05) is 6.07 Å². The molecular formula is C36H34Zr. The van der Waals surface area contributed by atoms with Gasteiger partial charge in [-0.15, -0.1) is 5.56 Å². The first kappa shape index (κ1) is 27.2. The molecule has 0 radical (unpaired) electrons. The second-order valence-electron chi connectivity index (χ2n) is 9.84. The molecule has 0 saturated carbocycles. The molecule has 0 heterocycles. The van der Waals surface area contributed by atoms with E-state index in [2.05, 4.69) is 143 Å². The van der Waals surface area contributed by atoms with E-state index in [0.29, 0.717) is 11.8 Å². The van der Waals surface area contributed by atoms with Gasteiger partial charge in [-0.25, -0.2) is 5.57 Å². The summed E-state index contributed by atoms with van der Waals surface area (Å²) in [4.78, 5) is 0. The summed E-state index contributed by atoms with van der Waals surface area (Å²) in [6.45, 7) is 8.79. The quantitative estimate of drug-likeness (QED) is 0.194. The summed E-state index contributed by atoms with van der Waals surface area (Å²) < 4.78 is 1.42. The van der Waals surface area contributed by atoms with Crippen LogP contribution in [0.25, 0.3) is 11.1 Å². The van der Waals surface area contributed by atoms with Gasteiger partial charge < -0.3 is 0 Å². The van der Waals surface area contributed by atoms with Crippen molar-refractivity contribution < 1.29 is 24.2 Å². The number of allylic oxidation sites excluding steroid dienone is 4. The molecule has 4 aromatic carbocycles. The van der Waals surface area contributed by atoms with E-state index in [1.54, 1.807) is 0 Å². The van der Waals surface area contributed by atoms with Gasteiger partial charge in [-0.3, -0.25) is 6.08 Å². The molecule has 4 aromatic rings. The monoisotopic (exact) mass is 556 g/mol. The van der Waals surface area contributed by atoms with E-state index in [9.17, 15) is 0 Å². The van der Waals surface area contributed by atoms with E-state index < -0.39 is 0 Å². The maximum Gasteiger partial charge on any atom is -0.0253 e. The largest absolute Gasteiger partial charge is 0.179 e. The third-order valence-electron chi connectivity index (χ3n) is 6.67. The number of rotatable bonds is 3. The average Bonchev–Trinajstić information content (AvgIpc) is 3.49. The molecule has 2 aliphatic carbocycles. The fourth-order valence-electron chi connectivity index (χ4n) is 4.86. The van der Waals surface area contributed by atoms with Crippen LogP contribution in [0.15, 0.2) is 120 Å². The molecule has 0 N–H and O–H groups in total. The maximum absolute atomic E-state index is 3.37. The molecule has 2 aliphatic rings. The van der Waals surface area contributed by atoms with Gasteiger partial charge in [0.15, 0.2) is 0 Å². The minimum absolute atomic E-state index is 0.539. The van der Waals surface area contributed by atoms with Crippen molar-refractivity contribution in [3.63, 3.8) is 0 Å². The first-order chi connectivity index (χ1) is 17.9. The van der Waals surface area contributed by atoms with Crippen LogP contribution < -0.4 is 0 Å². The SMILES string of the molecule is CC1=[C-]C(C)C=C1C(C)C.[Zr+2]=[C](c1ccccc1)c1ccccc1.[c-]1cccc2c1Cc1ccccc1-2. The normalized spacial score (nSPS) is 14.8. The van der Waals surface area contributed by atoms with Gasteiger partial charge in [-0.1, -0.05) is 74.9 Å². The van der Waals surface area contributed by atoms with Crippen molar-refractivity contribution in [2.75, 3.05) is 0 Å². The molecule has 0 aliphatic heterocycles. The van der Waals surface area contributed by atoms with Crippen LogP contribution in [0, 0.1) is 24.0 Å². The van der Waals surface area contributed by atoms with Gasteiger partial charge in [-0.05, 0) is 6.42 Å². The Labute approximate surface area is 238 Å². The van der Waals surface area contributed by atoms with Crippen molar-refractivity contribution in [1.29, 1.82) is 0 Å². The van der Waals surface area contributed by atoms with E-state index >= 15 is 0 Å². The summed E-state index contributed by atoms with van der Waals surface area (Å²) in [5.41, 5.74) is 11.0. The fourth-order valence-corrected chi connectivity index (χ4v) is 5.68. The van der Waals surface area contributed by atoms with Crippen molar-refractivity contribution in [2.45, 2.75) is 34.1 Å². The van der Waals surface area contributed by atoms with Crippen molar-refractivity contribution in [3.05, 3.63) is 155 Å².